The van der Waals surface area contributed by atoms with E-state index in [9.17, 15) is 9.18 Å². The van der Waals surface area contributed by atoms with Crippen molar-refractivity contribution in [1.29, 1.82) is 0 Å². The van der Waals surface area contributed by atoms with Crippen LogP contribution in [0.15, 0.2) is 0 Å². The summed E-state index contributed by atoms with van der Waals surface area (Å²) in [5.41, 5.74) is 0. The number of hydrogen-bond acceptors (Lipinski definition) is 2. The van der Waals surface area contributed by atoms with E-state index in [1.807, 2.05) is 0 Å². The Morgan fingerprint density at radius 1 is 1.58 bits per heavy atom. The molecule has 0 aliphatic carbocycles. The number of alkyl halides is 1. The summed E-state index contributed by atoms with van der Waals surface area (Å²) >= 11 is 0. The molecule has 1 aliphatic rings. The van der Waals surface area contributed by atoms with Crippen LogP contribution in [0, 0.1) is 0 Å². The molecule has 0 radical (unpaired) electrons. The normalized spacial score (nSPS) is 25.6. The van der Waals surface area contributed by atoms with E-state index in [4.69, 9.17) is 5.11 Å². The highest BCUT2D eigenvalue weighted by atomic mass is 19.1. The van der Waals surface area contributed by atoms with Gasteiger partial charge in [0.15, 0.2) is 0 Å². The van der Waals surface area contributed by atoms with Gasteiger partial charge in [-0.2, -0.15) is 0 Å². The van der Waals surface area contributed by atoms with E-state index < -0.39 is 18.7 Å². The zero-order valence-electron chi connectivity index (χ0n) is 7.00. The van der Waals surface area contributed by atoms with Crippen LogP contribution in [-0.4, -0.2) is 41.8 Å². The van der Waals surface area contributed by atoms with E-state index in [0.717, 1.165) is 19.4 Å². The Kier molecular flexibility index (Phi) is 3.47. The van der Waals surface area contributed by atoms with Gasteiger partial charge in [0.1, 0.15) is 12.7 Å². The molecule has 1 aliphatic heterocycles. The highest BCUT2D eigenvalue weighted by Crippen LogP contribution is 2.16. The molecule has 0 bridgehead atoms. The van der Waals surface area contributed by atoms with Crippen molar-refractivity contribution in [2.24, 2.45) is 0 Å². The van der Waals surface area contributed by atoms with E-state index >= 15 is 0 Å². The average Bonchev–Trinajstić information content (AvgIpc) is 2.05. The SMILES string of the molecule is O=C(O)C1CCCCN1CCF. The van der Waals surface area contributed by atoms with Crippen LogP contribution in [0.4, 0.5) is 4.39 Å². The van der Waals surface area contributed by atoms with Crippen LogP contribution in [-0.2, 0) is 4.79 Å². The topological polar surface area (TPSA) is 40.5 Å². The Morgan fingerprint density at radius 2 is 2.33 bits per heavy atom. The van der Waals surface area contributed by atoms with Gasteiger partial charge in [-0.05, 0) is 19.4 Å². The van der Waals surface area contributed by atoms with E-state index in [2.05, 4.69) is 0 Å². The van der Waals surface area contributed by atoms with Crippen molar-refractivity contribution in [2.45, 2.75) is 25.3 Å². The molecule has 1 saturated heterocycles. The molecule has 1 atom stereocenters. The van der Waals surface area contributed by atoms with Gasteiger partial charge in [-0.25, -0.2) is 4.39 Å². The second kappa shape index (κ2) is 4.40. The summed E-state index contributed by atoms with van der Waals surface area (Å²) in [5, 5.41) is 8.77. The molecule has 1 unspecified atom stereocenters. The third kappa shape index (κ3) is 2.17. The minimum atomic E-state index is -0.817. The van der Waals surface area contributed by atoms with Gasteiger partial charge in [-0.1, -0.05) is 6.42 Å². The van der Waals surface area contributed by atoms with E-state index in [-0.39, 0.29) is 6.54 Å². The van der Waals surface area contributed by atoms with Crippen LogP contribution in [0.3, 0.4) is 0 Å². The number of aliphatic carboxylic acids is 1. The van der Waals surface area contributed by atoms with Crippen molar-refractivity contribution in [3.63, 3.8) is 0 Å². The number of nitrogens with zero attached hydrogens (tertiary/aromatic N) is 1. The van der Waals surface area contributed by atoms with Crippen LogP contribution in [0.5, 0.6) is 0 Å². The number of piperidine rings is 1. The molecule has 70 valence electrons. The van der Waals surface area contributed by atoms with Gasteiger partial charge in [0, 0.05) is 6.54 Å². The Bertz CT molecular complexity index is 161. The molecular formula is C8H14FNO2. The average molecular weight is 175 g/mol. The summed E-state index contributed by atoms with van der Waals surface area (Å²) in [5.74, 6) is -0.817. The third-order valence-corrected chi connectivity index (χ3v) is 2.27. The van der Waals surface area contributed by atoms with Gasteiger partial charge >= 0.3 is 5.97 Å². The maximum absolute atomic E-state index is 12.0. The number of carbonyl (C=O) groups is 1. The first kappa shape index (κ1) is 9.45. The molecule has 1 N–H and O–H groups in total. The molecule has 0 aromatic rings. The summed E-state index contributed by atoms with van der Waals surface area (Å²) in [6, 6.07) is -0.450. The first-order chi connectivity index (χ1) is 5.75. The Morgan fingerprint density at radius 3 is 2.92 bits per heavy atom. The van der Waals surface area contributed by atoms with Gasteiger partial charge in [-0.15, -0.1) is 0 Å². The Balaban J connectivity index is 2.48. The van der Waals surface area contributed by atoms with Crippen LogP contribution < -0.4 is 0 Å². The zero-order chi connectivity index (χ0) is 8.97. The van der Waals surface area contributed by atoms with Crippen LogP contribution in [0.2, 0.25) is 0 Å². The lowest BCUT2D eigenvalue weighted by molar-refractivity contribution is -0.144. The van der Waals surface area contributed by atoms with Gasteiger partial charge in [0.05, 0.1) is 0 Å². The molecule has 1 rings (SSSR count). The highest BCUT2D eigenvalue weighted by Gasteiger charge is 2.27. The second-order valence-electron chi connectivity index (χ2n) is 3.07. The summed E-state index contributed by atoms with van der Waals surface area (Å²) in [6.45, 7) is 0.529. The van der Waals surface area contributed by atoms with Gasteiger partial charge in [-0.3, -0.25) is 9.69 Å². The van der Waals surface area contributed by atoms with E-state index in [1.165, 1.54) is 0 Å². The monoisotopic (exact) mass is 175 g/mol. The smallest absolute Gasteiger partial charge is 0.320 e. The Hall–Kier alpha value is -0.640. The van der Waals surface area contributed by atoms with Crippen molar-refractivity contribution in [3.05, 3.63) is 0 Å². The minimum absolute atomic E-state index is 0.261. The van der Waals surface area contributed by atoms with Crippen molar-refractivity contribution < 1.29 is 14.3 Å². The molecular weight excluding hydrogens is 161 g/mol. The van der Waals surface area contributed by atoms with Crippen LogP contribution in [0.1, 0.15) is 19.3 Å². The fourth-order valence-corrected chi connectivity index (χ4v) is 1.65. The van der Waals surface area contributed by atoms with Crippen LogP contribution in [0.25, 0.3) is 0 Å². The second-order valence-corrected chi connectivity index (χ2v) is 3.07. The largest absolute Gasteiger partial charge is 0.480 e. The van der Waals surface area contributed by atoms with Gasteiger partial charge < -0.3 is 5.11 Å². The predicted molar refractivity (Wildman–Crippen MR) is 42.8 cm³/mol. The minimum Gasteiger partial charge on any atom is -0.480 e. The molecule has 1 heterocycles. The predicted octanol–water partition coefficient (Wildman–Crippen LogP) is 0.895. The van der Waals surface area contributed by atoms with Crippen LogP contribution >= 0.6 is 0 Å². The number of rotatable bonds is 3. The first-order valence-corrected chi connectivity index (χ1v) is 4.28. The van der Waals surface area contributed by atoms with Gasteiger partial charge in [0.25, 0.3) is 0 Å². The Labute approximate surface area is 71.2 Å². The highest BCUT2D eigenvalue weighted by molar-refractivity contribution is 5.73. The maximum atomic E-state index is 12.0. The molecule has 0 saturated carbocycles. The summed E-state index contributed by atoms with van der Waals surface area (Å²) in [4.78, 5) is 12.4. The molecule has 12 heavy (non-hydrogen) atoms. The number of carboxylic acid groups (broad SMARTS) is 1. The third-order valence-electron chi connectivity index (χ3n) is 2.27. The van der Waals surface area contributed by atoms with E-state index in [1.54, 1.807) is 4.90 Å². The van der Waals surface area contributed by atoms with Crippen molar-refractivity contribution in [2.75, 3.05) is 19.8 Å². The first-order valence-electron chi connectivity index (χ1n) is 4.28. The standard InChI is InChI=1S/C8H14FNO2/c9-4-6-10-5-2-1-3-7(10)8(11)12/h7H,1-6H2,(H,11,12). The van der Waals surface area contributed by atoms with Crippen molar-refractivity contribution >= 4 is 5.97 Å². The molecule has 0 spiro atoms. The summed E-state index contributed by atoms with van der Waals surface area (Å²) in [7, 11) is 0. The van der Waals surface area contributed by atoms with Crippen molar-refractivity contribution in [3.8, 4) is 0 Å². The number of likely N-dealkylation sites (tertiary alicyclic amines) is 1. The lowest BCUT2D eigenvalue weighted by Gasteiger charge is -2.31. The number of carboxylic acids is 1. The summed E-state index contributed by atoms with van der Waals surface area (Å²) < 4.78 is 12.0. The number of halogens is 1. The van der Waals surface area contributed by atoms with Crippen molar-refractivity contribution in [1.82, 2.24) is 4.90 Å². The number of hydrogen-bond donors (Lipinski definition) is 1. The summed E-state index contributed by atoms with van der Waals surface area (Å²) in [6.07, 6.45) is 2.60. The molecule has 0 amide bonds. The fourth-order valence-electron chi connectivity index (χ4n) is 1.65. The molecule has 0 aromatic heterocycles. The molecule has 0 aromatic carbocycles. The fraction of sp³-hybridized carbons (Fsp3) is 0.875. The molecule has 4 heteroatoms. The quantitative estimate of drug-likeness (QED) is 0.692. The van der Waals surface area contributed by atoms with Gasteiger partial charge in [0.2, 0.25) is 0 Å². The molecule has 1 fully saturated rings. The molecule has 3 nitrogen and oxygen atoms in total. The maximum Gasteiger partial charge on any atom is 0.320 e. The lowest BCUT2D eigenvalue weighted by atomic mass is 10.0. The van der Waals surface area contributed by atoms with E-state index in [0.29, 0.717) is 6.42 Å². The lowest BCUT2D eigenvalue weighted by Crippen LogP contribution is -2.45. The zero-order valence-corrected chi connectivity index (χ0v) is 7.00.